The van der Waals surface area contributed by atoms with Crippen molar-refractivity contribution in [1.29, 1.82) is 0 Å². The van der Waals surface area contributed by atoms with Gasteiger partial charge in [0, 0.05) is 49.3 Å². The number of fused-ring (bicyclic) bond motifs is 3. The number of aromatic nitrogens is 2. The highest BCUT2D eigenvalue weighted by molar-refractivity contribution is 5.85. The van der Waals surface area contributed by atoms with Crippen molar-refractivity contribution in [2.45, 2.75) is 31.3 Å². The lowest BCUT2D eigenvalue weighted by Gasteiger charge is -2.40. The Kier molecular flexibility index (Phi) is 6.23. The van der Waals surface area contributed by atoms with E-state index in [0.29, 0.717) is 12.5 Å². The molecule has 5 rings (SSSR count). The summed E-state index contributed by atoms with van der Waals surface area (Å²) in [5.41, 5.74) is 6.03. The number of pyridine rings is 1. The fourth-order valence-corrected chi connectivity index (χ4v) is 5.14. The number of rotatable bonds is 9. The van der Waals surface area contributed by atoms with Crippen LogP contribution in [0.1, 0.15) is 35.8 Å². The van der Waals surface area contributed by atoms with Gasteiger partial charge in [-0.25, -0.2) is 0 Å². The predicted molar refractivity (Wildman–Crippen MR) is 129 cm³/mol. The van der Waals surface area contributed by atoms with Crippen molar-refractivity contribution in [3.05, 3.63) is 72.2 Å². The molecular weight excluding hydrogens is 401 g/mol. The van der Waals surface area contributed by atoms with E-state index < -0.39 is 0 Å². The maximum absolute atomic E-state index is 12.3. The van der Waals surface area contributed by atoms with E-state index in [1.807, 2.05) is 12.3 Å². The minimum Gasteiger partial charge on any atom is -0.378 e. The number of likely N-dealkylation sites (tertiary alicyclic amines) is 1. The van der Waals surface area contributed by atoms with Gasteiger partial charge in [-0.3, -0.25) is 19.2 Å². The summed E-state index contributed by atoms with van der Waals surface area (Å²) < 4.78 is 12.3. The molecule has 2 aliphatic heterocycles. The summed E-state index contributed by atoms with van der Waals surface area (Å²) in [7, 11) is 0. The molecule has 0 bridgehead atoms. The van der Waals surface area contributed by atoms with Gasteiger partial charge in [-0.1, -0.05) is 24.3 Å². The number of benzene rings is 1. The third-order valence-corrected chi connectivity index (χ3v) is 6.76. The summed E-state index contributed by atoms with van der Waals surface area (Å²) >= 11 is 0. The fraction of sp³-hybridized carbons (Fsp3) is 0.423. The van der Waals surface area contributed by atoms with E-state index in [1.165, 1.54) is 22.2 Å². The molecule has 1 fully saturated rings. The molecule has 1 saturated heterocycles. The number of hydrogen-bond acceptors (Lipinski definition) is 4. The summed E-state index contributed by atoms with van der Waals surface area (Å²) in [6, 6.07) is 13.4. The largest absolute Gasteiger partial charge is 0.378 e. The molecule has 5 nitrogen and oxygen atoms in total. The Morgan fingerprint density at radius 3 is 2.84 bits per heavy atom. The summed E-state index contributed by atoms with van der Waals surface area (Å²) in [6.45, 7) is 8.47. The number of nitrogens with one attached hydrogen (secondary N) is 2. The zero-order valence-corrected chi connectivity index (χ0v) is 18.6. The van der Waals surface area contributed by atoms with E-state index in [2.05, 4.69) is 63.1 Å². The molecule has 0 radical (unpaired) electrons. The first-order valence-corrected chi connectivity index (χ1v) is 11.7. The maximum atomic E-state index is 12.3. The number of halogens is 1. The Morgan fingerprint density at radius 2 is 2.06 bits per heavy atom. The van der Waals surface area contributed by atoms with Crippen molar-refractivity contribution in [3.63, 3.8) is 0 Å². The van der Waals surface area contributed by atoms with Gasteiger partial charge in [-0.15, -0.1) is 6.58 Å². The minimum atomic E-state index is -0.233. The summed E-state index contributed by atoms with van der Waals surface area (Å²) in [4.78, 5) is 13.4. The second-order valence-electron chi connectivity index (χ2n) is 8.94. The molecule has 3 aromatic rings. The molecule has 6 heteroatoms. The Hall–Kier alpha value is -2.70. The first-order chi connectivity index (χ1) is 15.8. The number of hydrogen-bond donors (Lipinski definition) is 2. The maximum Gasteiger partial charge on any atom is 0.0931 e. The molecule has 4 heterocycles. The predicted octanol–water partition coefficient (Wildman–Crippen LogP) is 4.54. The van der Waals surface area contributed by atoms with Crippen LogP contribution in [0.25, 0.3) is 10.9 Å². The van der Waals surface area contributed by atoms with Crippen LogP contribution in [0.4, 0.5) is 10.1 Å². The lowest BCUT2D eigenvalue weighted by atomic mass is 9.94. The van der Waals surface area contributed by atoms with E-state index in [-0.39, 0.29) is 12.7 Å². The average molecular weight is 434 g/mol. The standard InChI is InChI=1S/C26H32FN5/c1-2-3-14-32-15-11-22-21-7-4-5-8-23(21)30-25(22)26(32)24-10-9-19(16-28-24)29-20-17-31(18-20)13-6-12-27/h2,4-5,7-10,16,20,26,29-30H,1,3,6,11-15,17-18H2/t26-/m1/s1. The van der Waals surface area contributed by atoms with E-state index in [9.17, 15) is 4.39 Å². The second kappa shape index (κ2) is 9.43. The zero-order chi connectivity index (χ0) is 21.9. The van der Waals surface area contributed by atoms with Crippen molar-refractivity contribution in [3.8, 4) is 0 Å². The van der Waals surface area contributed by atoms with Crippen LogP contribution in [0.15, 0.2) is 55.3 Å². The van der Waals surface area contributed by atoms with Gasteiger partial charge in [0.15, 0.2) is 0 Å². The van der Waals surface area contributed by atoms with Crippen LogP contribution in [-0.4, -0.2) is 65.2 Å². The number of alkyl halides is 1. The van der Waals surface area contributed by atoms with Crippen molar-refractivity contribution >= 4 is 16.6 Å². The second-order valence-corrected chi connectivity index (χ2v) is 8.94. The lowest BCUT2D eigenvalue weighted by Crippen LogP contribution is -2.54. The molecule has 1 atom stereocenters. The molecule has 0 saturated carbocycles. The van der Waals surface area contributed by atoms with Gasteiger partial charge in [0.05, 0.1) is 36.3 Å². The van der Waals surface area contributed by atoms with Crippen LogP contribution in [0, 0.1) is 0 Å². The average Bonchev–Trinajstić information content (AvgIpc) is 3.18. The topological polar surface area (TPSA) is 47.2 Å². The fourth-order valence-electron chi connectivity index (χ4n) is 5.14. The molecule has 0 amide bonds. The zero-order valence-electron chi connectivity index (χ0n) is 18.6. The number of H-pyrrole nitrogens is 1. The van der Waals surface area contributed by atoms with E-state index in [1.54, 1.807) is 0 Å². The van der Waals surface area contributed by atoms with Gasteiger partial charge in [0.1, 0.15) is 0 Å². The summed E-state index contributed by atoms with van der Waals surface area (Å²) in [5, 5.41) is 4.90. The van der Waals surface area contributed by atoms with Gasteiger partial charge in [-0.05, 0) is 43.0 Å². The smallest absolute Gasteiger partial charge is 0.0931 e. The molecule has 1 aromatic carbocycles. The lowest BCUT2D eigenvalue weighted by molar-refractivity contribution is 0.155. The third kappa shape index (κ3) is 4.17. The minimum absolute atomic E-state index is 0.125. The van der Waals surface area contributed by atoms with Crippen molar-refractivity contribution < 1.29 is 4.39 Å². The Morgan fingerprint density at radius 1 is 1.19 bits per heavy atom. The van der Waals surface area contributed by atoms with E-state index in [0.717, 1.165) is 56.9 Å². The molecule has 0 aliphatic carbocycles. The SMILES string of the molecule is C=CCCN1CCc2c([nH]c3ccccc23)[C@H]1c1ccc(NC2CN(CCCF)C2)cn1. The quantitative estimate of drug-likeness (QED) is 0.487. The molecular formula is C26H32FN5. The Labute approximate surface area is 189 Å². The third-order valence-electron chi connectivity index (χ3n) is 6.76. The highest BCUT2D eigenvalue weighted by Crippen LogP contribution is 2.38. The Balaban J connectivity index is 1.35. The van der Waals surface area contributed by atoms with Crippen molar-refractivity contribution in [1.82, 2.24) is 19.8 Å². The van der Waals surface area contributed by atoms with Crippen LogP contribution in [0.2, 0.25) is 0 Å². The number of anilines is 1. The van der Waals surface area contributed by atoms with Crippen LogP contribution in [0.5, 0.6) is 0 Å². The number of nitrogens with zero attached hydrogens (tertiary/aromatic N) is 3. The highest BCUT2D eigenvalue weighted by Gasteiger charge is 2.32. The van der Waals surface area contributed by atoms with Crippen LogP contribution < -0.4 is 5.32 Å². The van der Waals surface area contributed by atoms with Crippen LogP contribution >= 0.6 is 0 Å². The first-order valence-electron chi connectivity index (χ1n) is 11.7. The van der Waals surface area contributed by atoms with Gasteiger partial charge in [0.25, 0.3) is 0 Å². The normalized spacial score (nSPS) is 19.6. The van der Waals surface area contributed by atoms with Crippen LogP contribution in [0.3, 0.4) is 0 Å². The molecule has 168 valence electrons. The Bertz CT molecular complexity index is 1050. The van der Waals surface area contributed by atoms with Crippen LogP contribution in [-0.2, 0) is 6.42 Å². The highest BCUT2D eigenvalue weighted by atomic mass is 19.1. The molecule has 0 spiro atoms. The van der Waals surface area contributed by atoms with Gasteiger partial charge in [-0.2, -0.15) is 0 Å². The van der Waals surface area contributed by atoms with Gasteiger partial charge < -0.3 is 10.3 Å². The molecule has 2 aromatic heterocycles. The molecule has 2 aliphatic rings. The molecule has 2 N–H and O–H groups in total. The first kappa shape index (κ1) is 21.2. The van der Waals surface area contributed by atoms with E-state index >= 15 is 0 Å². The summed E-state index contributed by atoms with van der Waals surface area (Å²) in [5.74, 6) is 0. The number of aromatic amines is 1. The summed E-state index contributed by atoms with van der Waals surface area (Å²) in [6.07, 6.45) is 6.60. The van der Waals surface area contributed by atoms with E-state index in [4.69, 9.17) is 4.98 Å². The van der Waals surface area contributed by atoms with Gasteiger partial charge in [0.2, 0.25) is 0 Å². The van der Waals surface area contributed by atoms with Crippen molar-refractivity contribution in [2.75, 3.05) is 44.7 Å². The van der Waals surface area contributed by atoms with Gasteiger partial charge >= 0.3 is 0 Å². The van der Waals surface area contributed by atoms with Crippen molar-refractivity contribution in [2.24, 2.45) is 0 Å². The molecule has 32 heavy (non-hydrogen) atoms. The monoisotopic (exact) mass is 433 g/mol. The number of para-hydroxylation sites is 1. The molecule has 0 unspecified atom stereocenters.